The maximum absolute atomic E-state index is 12.9. The molecular weight excluding hydrogens is 342 g/mol. The molecule has 1 fully saturated rings. The zero-order chi connectivity index (χ0) is 18.8. The molecule has 0 bridgehead atoms. The Morgan fingerprint density at radius 1 is 1.19 bits per heavy atom. The lowest BCUT2D eigenvalue weighted by Gasteiger charge is -2.20. The molecule has 140 valence electrons. The first kappa shape index (κ1) is 17.4. The highest BCUT2D eigenvalue weighted by molar-refractivity contribution is 6.05. The summed E-state index contributed by atoms with van der Waals surface area (Å²) in [5, 5.41) is 15.5. The number of pyridine rings is 1. The Morgan fingerprint density at radius 3 is 2.74 bits per heavy atom. The van der Waals surface area contributed by atoms with E-state index < -0.39 is 0 Å². The predicted octanol–water partition coefficient (Wildman–Crippen LogP) is 2.91. The third-order valence-corrected chi connectivity index (χ3v) is 5.06. The molecule has 0 aromatic carbocycles. The maximum atomic E-state index is 12.9. The number of hydrogen-bond donors (Lipinski definition) is 1. The summed E-state index contributed by atoms with van der Waals surface area (Å²) in [5.74, 6) is 0.910. The van der Waals surface area contributed by atoms with Gasteiger partial charge in [-0.3, -0.25) is 14.5 Å². The number of amides is 1. The zero-order valence-electron chi connectivity index (χ0n) is 15.6. The van der Waals surface area contributed by atoms with E-state index in [2.05, 4.69) is 25.6 Å². The largest absolute Gasteiger partial charge is 0.320 e. The highest BCUT2D eigenvalue weighted by Gasteiger charge is 2.25. The fourth-order valence-electron chi connectivity index (χ4n) is 3.73. The highest BCUT2D eigenvalue weighted by Crippen LogP contribution is 2.33. The van der Waals surface area contributed by atoms with Crippen LogP contribution in [0, 0.1) is 0 Å². The molecule has 0 atom stereocenters. The molecule has 1 aliphatic carbocycles. The van der Waals surface area contributed by atoms with Crippen LogP contribution in [0.4, 0.5) is 5.69 Å². The summed E-state index contributed by atoms with van der Waals surface area (Å²) in [6.45, 7) is 0. The van der Waals surface area contributed by atoms with Crippen molar-refractivity contribution in [3.8, 4) is 11.4 Å². The van der Waals surface area contributed by atoms with Crippen LogP contribution in [0.15, 0.2) is 31.0 Å². The standard InChI is InChI=1S/C19H23N7O/c1-25-12-21-23-18(25)14-8-15(10-20-9-14)22-19(27)16-11-26(2)24-17(16)13-6-4-3-5-7-13/h8-13H,3-7H2,1-2H3,(H,22,27). The molecule has 0 unspecified atom stereocenters. The molecule has 8 heteroatoms. The molecule has 4 rings (SSSR count). The summed E-state index contributed by atoms with van der Waals surface area (Å²) in [7, 11) is 3.73. The molecule has 0 radical (unpaired) electrons. The van der Waals surface area contributed by atoms with Crippen molar-refractivity contribution in [2.24, 2.45) is 14.1 Å². The molecule has 3 heterocycles. The monoisotopic (exact) mass is 365 g/mol. The van der Waals surface area contributed by atoms with Gasteiger partial charge in [-0.15, -0.1) is 10.2 Å². The number of aromatic nitrogens is 6. The zero-order valence-corrected chi connectivity index (χ0v) is 15.6. The molecule has 1 aliphatic rings. The quantitative estimate of drug-likeness (QED) is 0.768. The van der Waals surface area contributed by atoms with Crippen molar-refractivity contribution in [2.45, 2.75) is 38.0 Å². The fourth-order valence-corrected chi connectivity index (χ4v) is 3.73. The minimum Gasteiger partial charge on any atom is -0.320 e. The van der Waals surface area contributed by atoms with Crippen molar-refractivity contribution >= 4 is 11.6 Å². The van der Waals surface area contributed by atoms with Gasteiger partial charge in [-0.05, 0) is 18.9 Å². The predicted molar refractivity (Wildman–Crippen MR) is 101 cm³/mol. The minimum atomic E-state index is -0.152. The molecule has 3 aromatic heterocycles. The first-order chi connectivity index (χ1) is 13.1. The molecule has 1 N–H and O–H groups in total. The van der Waals surface area contributed by atoms with Gasteiger partial charge in [0.15, 0.2) is 5.82 Å². The lowest BCUT2D eigenvalue weighted by atomic mass is 9.85. The van der Waals surface area contributed by atoms with E-state index in [0.29, 0.717) is 23.0 Å². The third kappa shape index (κ3) is 3.60. The Morgan fingerprint density at radius 2 is 2.00 bits per heavy atom. The summed E-state index contributed by atoms with van der Waals surface area (Å²) in [6.07, 6.45) is 12.6. The SMILES string of the molecule is Cn1cc(C(=O)Nc2cncc(-c3nncn3C)c2)c(C2CCCCC2)n1. The third-order valence-electron chi connectivity index (χ3n) is 5.06. The molecule has 1 saturated carbocycles. The Labute approximate surface area is 157 Å². The smallest absolute Gasteiger partial charge is 0.259 e. The number of hydrogen-bond acceptors (Lipinski definition) is 5. The van der Waals surface area contributed by atoms with Gasteiger partial charge in [-0.25, -0.2) is 0 Å². The van der Waals surface area contributed by atoms with Gasteiger partial charge in [0.1, 0.15) is 6.33 Å². The summed E-state index contributed by atoms with van der Waals surface area (Å²) < 4.78 is 3.54. The number of nitrogens with zero attached hydrogens (tertiary/aromatic N) is 6. The molecule has 1 amide bonds. The van der Waals surface area contributed by atoms with Gasteiger partial charge in [-0.1, -0.05) is 19.3 Å². The van der Waals surface area contributed by atoms with Crippen molar-refractivity contribution in [1.82, 2.24) is 29.5 Å². The van der Waals surface area contributed by atoms with Crippen LogP contribution in [-0.4, -0.2) is 35.4 Å². The molecule has 8 nitrogen and oxygen atoms in total. The molecular formula is C19H23N7O. The van der Waals surface area contributed by atoms with Gasteiger partial charge in [0.25, 0.3) is 5.91 Å². The van der Waals surface area contributed by atoms with Crippen LogP contribution < -0.4 is 5.32 Å². The molecule has 0 saturated heterocycles. The molecule has 3 aromatic rings. The lowest BCUT2D eigenvalue weighted by molar-refractivity contribution is 0.102. The number of anilines is 1. The average Bonchev–Trinajstić information content (AvgIpc) is 3.28. The van der Waals surface area contributed by atoms with Gasteiger partial charge < -0.3 is 9.88 Å². The van der Waals surface area contributed by atoms with Gasteiger partial charge in [-0.2, -0.15) is 5.10 Å². The highest BCUT2D eigenvalue weighted by atomic mass is 16.1. The fraction of sp³-hybridized carbons (Fsp3) is 0.421. The summed E-state index contributed by atoms with van der Waals surface area (Å²) in [5.41, 5.74) is 2.98. The van der Waals surface area contributed by atoms with Crippen LogP contribution >= 0.6 is 0 Å². The Hall–Kier alpha value is -3.03. The number of carbonyl (C=O) groups excluding carboxylic acids is 1. The van der Waals surface area contributed by atoms with Gasteiger partial charge in [0.05, 0.1) is 23.1 Å². The van der Waals surface area contributed by atoms with Crippen molar-refractivity contribution in [2.75, 3.05) is 5.32 Å². The Bertz CT molecular complexity index is 953. The first-order valence-corrected chi connectivity index (χ1v) is 9.26. The van der Waals surface area contributed by atoms with Crippen molar-refractivity contribution < 1.29 is 4.79 Å². The van der Waals surface area contributed by atoms with Crippen LogP contribution in [0.25, 0.3) is 11.4 Å². The van der Waals surface area contributed by atoms with E-state index in [9.17, 15) is 4.79 Å². The summed E-state index contributed by atoms with van der Waals surface area (Å²) in [4.78, 5) is 17.2. The second-order valence-electron chi connectivity index (χ2n) is 7.12. The lowest BCUT2D eigenvalue weighted by Crippen LogP contribution is -2.16. The normalized spacial score (nSPS) is 15.0. The van der Waals surface area contributed by atoms with E-state index in [1.807, 2.05) is 24.7 Å². The van der Waals surface area contributed by atoms with Crippen molar-refractivity contribution in [3.63, 3.8) is 0 Å². The van der Waals surface area contributed by atoms with E-state index in [1.165, 1.54) is 19.3 Å². The van der Waals surface area contributed by atoms with Crippen LogP contribution in [0.2, 0.25) is 0 Å². The molecule has 0 aliphatic heterocycles. The van der Waals surface area contributed by atoms with E-state index in [1.54, 1.807) is 29.6 Å². The topological polar surface area (TPSA) is 90.5 Å². The van der Waals surface area contributed by atoms with Crippen LogP contribution in [0.3, 0.4) is 0 Å². The molecule has 27 heavy (non-hydrogen) atoms. The number of rotatable bonds is 4. The number of carbonyl (C=O) groups is 1. The van der Waals surface area contributed by atoms with Gasteiger partial charge >= 0.3 is 0 Å². The Kier molecular flexibility index (Phi) is 4.70. The number of nitrogens with one attached hydrogen (secondary N) is 1. The van der Waals surface area contributed by atoms with Crippen molar-refractivity contribution in [1.29, 1.82) is 0 Å². The second kappa shape index (κ2) is 7.30. The average molecular weight is 365 g/mol. The van der Waals surface area contributed by atoms with Crippen LogP contribution in [0.5, 0.6) is 0 Å². The van der Waals surface area contributed by atoms with E-state index >= 15 is 0 Å². The summed E-state index contributed by atoms with van der Waals surface area (Å²) in [6, 6.07) is 1.85. The van der Waals surface area contributed by atoms with Gasteiger partial charge in [0.2, 0.25) is 0 Å². The first-order valence-electron chi connectivity index (χ1n) is 9.26. The van der Waals surface area contributed by atoms with E-state index in [4.69, 9.17) is 0 Å². The summed E-state index contributed by atoms with van der Waals surface area (Å²) >= 11 is 0. The maximum Gasteiger partial charge on any atom is 0.259 e. The van der Waals surface area contributed by atoms with E-state index in [0.717, 1.165) is 24.1 Å². The minimum absolute atomic E-state index is 0.152. The van der Waals surface area contributed by atoms with Crippen molar-refractivity contribution in [3.05, 3.63) is 42.2 Å². The van der Waals surface area contributed by atoms with E-state index in [-0.39, 0.29) is 5.91 Å². The number of aryl methyl sites for hydroxylation is 2. The van der Waals surface area contributed by atoms with Crippen LogP contribution in [-0.2, 0) is 14.1 Å². The second-order valence-corrected chi connectivity index (χ2v) is 7.12. The van der Waals surface area contributed by atoms with Gasteiger partial charge in [0, 0.05) is 38.0 Å². The Balaban J connectivity index is 1.57. The van der Waals surface area contributed by atoms with Crippen LogP contribution in [0.1, 0.15) is 54.1 Å². The molecule has 0 spiro atoms.